The molecule has 0 saturated heterocycles. The second-order valence-corrected chi connectivity index (χ2v) is 7.09. The SMILES string of the molecule is CCn1c(Cc2ccccc2)nnc1SCCCOc1ccc(OC)cc1. The van der Waals surface area contributed by atoms with Gasteiger partial charge in [-0.1, -0.05) is 42.1 Å². The van der Waals surface area contributed by atoms with Crippen LogP contribution in [0.4, 0.5) is 0 Å². The average molecular weight is 384 g/mol. The lowest BCUT2D eigenvalue weighted by Crippen LogP contribution is -2.05. The Morgan fingerprint density at radius 3 is 2.41 bits per heavy atom. The van der Waals surface area contributed by atoms with Crippen LogP contribution >= 0.6 is 11.8 Å². The van der Waals surface area contributed by atoms with Crippen LogP contribution in [0.3, 0.4) is 0 Å². The molecule has 27 heavy (non-hydrogen) atoms. The Balaban J connectivity index is 1.46. The van der Waals surface area contributed by atoms with E-state index in [4.69, 9.17) is 9.47 Å². The zero-order valence-corrected chi connectivity index (χ0v) is 16.6. The van der Waals surface area contributed by atoms with Crippen molar-refractivity contribution in [2.45, 2.75) is 31.5 Å². The Morgan fingerprint density at radius 2 is 1.70 bits per heavy atom. The van der Waals surface area contributed by atoms with Gasteiger partial charge in [0, 0.05) is 18.7 Å². The van der Waals surface area contributed by atoms with Crippen molar-refractivity contribution in [3.63, 3.8) is 0 Å². The Kier molecular flexibility index (Phi) is 7.16. The van der Waals surface area contributed by atoms with Crippen molar-refractivity contribution >= 4 is 11.8 Å². The molecule has 1 aromatic heterocycles. The molecule has 0 fully saturated rings. The quantitative estimate of drug-likeness (QED) is 0.382. The third-order valence-electron chi connectivity index (χ3n) is 4.16. The predicted molar refractivity (Wildman–Crippen MR) is 109 cm³/mol. The van der Waals surface area contributed by atoms with Gasteiger partial charge in [0.2, 0.25) is 0 Å². The predicted octanol–water partition coefficient (Wildman–Crippen LogP) is 4.46. The fraction of sp³-hybridized carbons (Fsp3) is 0.333. The molecule has 5 nitrogen and oxygen atoms in total. The summed E-state index contributed by atoms with van der Waals surface area (Å²) in [5, 5.41) is 9.75. The van der Waals surface area contributed by atoms with Crippen LogP contribution in [-0.2, 0) is 13.0 Å². The molecule has 3 rings (SSSR count). The monoisotopic (exact) mass is 383 g/mol. The molecule has 142 valence electrons. The van der Waals surface area contributed by atoms with Crippen LogP contribution in [0.5, 0.6) is 11.5 Å². The number of rotatable bonds is 10. The number of methoxy groups -OCH3 is 1. The largest absolute Gasteiger partial charge is 0.497 e. The van der Waals surface area contributed by atoms with E-state index in [2.05, 4.69) is 46.0 Å². The minimum atomic E-state index is 0.677. The number of thioether (sulfide) groups is 1. The van der Waals surface area contributed by atoms with Crippen LogP contribution in [0.15, 0.2) is 59.8 Å². The summed E-state index contributed by atoms with van der Waals surface area (Å²) in [5.74, 6) is 3.66. The molecule has 0 N–H and O–H groups in total. The molecule has 0 aliphatic heterocycles. The number of ether oxygens (including phenoxy) is 2. The number of hydrogen-bond donors (Lipinski definition) is 0. The molecule has 6 heteroatoms. The molecule has 2 aromatic carbocycles. The Bertz CT molecular complexity index is 819. The molecule has 0 spiro atoms. The standard InChI is InChI=1S/C21H25N3O2S/c1-3-24-20(16-17-8-5-4-6-9-17)22-23-21(24)27-15-7-14-26-19-12-10-18(25-2)11-13-19/h4-6,8-13H,3,7,14-16H2,1-2H3. The van der Waals surface area contributed by atoms with Crippen molar-refractivity contribution in [1.82, 2.24) is 14.8 Å². The first kappa shape index (κ1) is 19.3. The molecule has 1 heterocycles. The minimum absolute atomic E-state index is 0.677. The van der Waals surface area contributed by atoms with E-state index < -0.39 is 0 Å². The van der Waals surface area contributed by atoms with Gasteiger partial charge in [0.1, 0.15) is 17.3 Å². The van der Waals surface area contributed by atoms with Gasteiger partial charge in [0.15, 0.2) is 5.16 Å². The molecule has 3 aromatic rings. The summed E-state index contributed by atoms with van der Waals surface area (Å²) in [4.78, 5) is 0. The average Bonchev–Trinajstić information content (AvgIpc) is 3.10. The van der Waals surface area contributed by atoms with E-state index in [1.165, 1.54) is 5.56 Å². The van der Waals surface area contributed by atoms with E-state index in [9.17, 15) is 0 Å². The van der Waals surface area contributed by atoms with Crippen molar-refractivity contribution in [1.29, 1.82) is 0 Å². The summed E-state index contributed by atoms with van der Waals surface area (Å²) in [6, 6.07) is 18.1. The van der Waals surface area contributed by atoms with Crippen molar-refractivity contribution in [2.75, 3.05) is 19.5 Å². The van der Waals surface area contributed by atoms with Gasteiger partial charge in [-0.05, 0) is 43.2 Å². The zero-order chi connectivity index (χ0) is 18.9. The fourth-order valence-electron chi connectivity index (χ4n) is 2.74. The highest BCUT2D eigenvalue weighted by molar-refractivity contribution is 7.99. The maximum absolute atomic E-state index is 5.77. The van der Waals surface area contributed by atoms with Crippen molar-refractivity contribution < 1.29 is 9.47 Å². The zero-order valence-electron chi connectivity index (χ0n) is 15.8. The smallest absolute Gasteiger partial charge is 0.191 e. The van der Waals surface area contributed by atoms with Gasteiger partial charge in [-0.2, -0.15) is 0 Å². The molecular formula is C21H25N3O2S. The maximum atomic E-state index is 5.77. The van der Waals surface area contributed by atoms with Crippen LogP contribution in [0.1, 0.15) is 24.7 Å². The van der Waals surface area contributed by atoms with Crippen LogP contribution < -0.4 is 9.47 Å². The van der Waals surface area contributed by atoms with E-state index in [0.717, 1.165) is 47.6 Å². The number of hydrogen-bond acceptors (Lipinski definition) is 5. The Hall–Kier alpha value is -2.47. The molecule has 0 aliphatic rings. The normalized spacial score (nSPS) is 10.7. The first-order chi connectivity index (χ1) is 13.3. The number of benzene rings is 2. The first-order valence-electron chi connectivity index (χ1n) is 9.15. The van der Waals surface area contributed by atoms with Crippen molar-refractivity contribution in [2.24, 2.45) is 0 Å². The first-order valence-corrected chi connectivity index (χ1v) is 10.1. The lowest BCUT2D eigenvalue weighted by Gasteiger charge is -2.08. The second-order valence-electron chi connectivity index (χ2n) is 6.03. The van der Waals surface area contributed by atoms with E-state index >= 15 is 0 Å². The summed E-state index contributed by atoms with van der Waals surface area (Å²) in [7, 11) is 1.66. The highest BCUT2D eigenvalue weighted by Gasteiger charge is 2.11. The molecule has 0 amide bonds. The molecule has 0 aliphatic carbocycles. The molecule has 0 unspecified atom stereocenters. The molecule has 0 radical (unpaired) electrons. The third kappa shape index (κ3) is 5.50. The summed E-state index contributed by atoms with van der Waals surface area (Å²) >= 11 is 1.73. The molecule has 0 atom stereocenters. The van der Waals surface area contributed by atoms with Gasteiger partial charge < -0.3 is 14.0 Å². The molecule has 0 saturated carbocycles. The van der Waals surface area contributed by atoms with E-state index in [0.29, 0.717) is 6.61 Å². The highest BCUT2D eigenvalue weighted by atomic mass is 32.2. The maximum Gasteiger partial charge on any atom is 0.191 e. The Labute approximate surface area is 164 Å². The minimum Gasteiger partial charge on any atom is -0.497 e. The van der Waals surface area contributed by atoms with Crippen LogP contribution in [0.25, 0.3) is 0 Å². The van der Waals surface area contributed by atoms with Crippen molar-refractivity contribution in [3.8, 4) is 11.5 Å². The van der Waals surface area contributed by atoms with Crippen molar-refractivity contribution in [3.05, 3.63) is 66.0 Å². The summed E-state index contributed by atoms with van der Waals surface area (Å²) in [6.07, 6.45) is 1.75. The van der Waals surface area contributed by atoms with Gasteiger partial charge in [-0.15, -0.1) is 10.2 Å². The van der Waals surface area contributed by atoms with Gasteiger partial charge in [-0.3, -0.25) is 0 Å². The fourth-order valence-corrected chi connectivity index (χ4v) is 3.67. The summed E-state index contributed by atoms with van der Waals surface area (Å²) in [5.41, 5.74) is 1.25. The molecular weight excluding hydrogens is 358 g/mol. The van der Waals surface area contributed by atoms with E-state index in [1.807, 2.05) is 30.3 Å². The highest BCUT2D eigenvalue weighted by Crippen LogP contribution is 2.21. The van der Waals surface area contributed by atoms with Gasteiger partial charge >= 0.3 is 0 Å². The lowest BCUT2D eigenvalue weighted by atomic mass is 10.1. The number of aromatic nitrogens is 3. The topological polar surface area (TPSA) is 49.2 Å². The van der Waals surface area contributed by atoms with E-state index in [1.54, 1.807) is 18.9 Å². The van der Waals surface area contributed by atoms with Gasteiger partial charge in [-0.25, -0.2) is 0 Å². The number of nitrogens with zero attached hydrogens (tertiary/aromatic N) is 3. The van der Waals surface area contributed by atoms with Gasteiger partial charge in [0.05, 0.1) is 13.7 Å². The van der Waals surface area contributed by atoms with Crippen LogP contribution in [0, 0.1) is 0 Å². The summed E-state index contributed by atoms with van der Waals surface area (Å²) in [6.45, 7) is 3.69. The molecule has 0 bridgehead atoms. The summed E-state index contributed by atoms with van der Waals surface area (Å²) < 4.78 is 13.1. The second kappa shape index (κ2) is 10.0. The lowest BCUT2D eigenvalue weighted by molar-refractivity contribution is 0.318. The van der Waals surface area contributed by atoms with Crippen LogP contribution in [0.2, 0.25) is 0 Å². The third-order valence-corrected chi connectivity index (χ3v) is 5.22. The van der Waals surface area contributed by atoms with Crippen LogP contribution in [-0.4, -0.2) is 34.2 Å². The van der Waals surface area contributed by atoms with Gasteiger partial charge in [0.25, 0.3) is 0 Å². The Morgan fingerprint density at radius 1 is 0.963 bits per heavy atom. The van der Waals surface area contributed by atoms with E-state index in [-0.39, 0.29) is 0 Å².